The Morgan fingerprint density at radius 3 is 2.67 bits per heavy atom. The number of halogens is 1. The first-order valence-electron chi connectivity index (χ1n) is 8.33. The molecule has 1 amide bonds. The van der Waals surface area contributed by atoms with Crippen LogP contribution in [0.4, 0.5) is 4.39 Å². The van der Waals surface area contributed by atoms with E-state index in [1.54, 1.807) is 17.2 Å². The molecule has 1 aliphatic heterocycles. The zero-order valence-electron chi connectivity index (χ0n) is 14.1. The van der Waals surface area contributed by atoms with E-state index in [2.05, 4.69) is 10.2 Å². The highest BCUT2D eigenvalue weighted by Gasteiger charge is 2.36. The number of carbonyl (C=O) groups is 1. The number of benzene rings is 1. The van der Waals surface area contributed by atoms with E-state index in [4.69, 9.17) is 0 Å². The number of carbonyl (C=O) groups excluding carboxylic acids is 1. The second kappa shape index (κ2) is 6.90. The third kappa shape index (κ3) is 3.40. The molecule has 27 heavy (non-hydrogen) atoms. The molecular weight excluding hydrogens is 389 g/mol. The first-order chi connectivity index (χ1) is 12.9. The molecule has 0 aliphatic carbocycles. The number of hydrogen-bond donors (Lipinski definition) is 1. The molecule has 1 unspecified atom stereocenters. The third-order valence-electron chi connectivity index (χ3n) is 4.60. The van der Waals surface area contributed by atoms with Gasteiger partial charge in [0.15, 0.2) is 9.84 Å². The van der Waals surface area contributed by atoms with E-state index in [1.807, 2.05) is 12.1 Å². The van der Waals surface area contributed by atoms with Gasteiger partial charge in [0.2, 0.25) is 0 Å². The molecule has 0 spiro atoms. The topological polar surface area (TPSA) is 83.1 Å². The van der Waals surface area contributed by atoms with Crippen molar-refractivity contribution in [3.8, 4) is 10.6 Å². The van der Waals surface area contributed by atoms with Gasteiger partial charge in [0.1, 0.15) is 5.82 Å². The average Bonchev–Trinajstić information content (AvgIpc) is 3.42. The highest BCUT2D eigenvalue weighted by Crippen LogP contribution is 2.30. The number of thiophene rings is 1. The summed E-state index contributed by atoms with van der Waals surface area (Å²) in [4.78, 5) is 15.8. The van der Waals surface area contributed by atoms with Gasteiger partial charge >= 0.3 is 0 Å². The minimum absolute atomic E-state index is 0.0841. The molecule has 1 saturated heterocycles. The minimum atomic E-state index is -3.60. The monoisotopic (exact) mass is 405 g/mol. The van der Waals surface area contributed by atoms with Crippen molar-refractivity contribution < 1.29 is 17.6 Å². The van der Waals surface area contributed by atoms with Crippen molar-refractivity contribution in [2.24, 2.45) is 0 Å². The van der Waals surface area contributed by atoms with E-state index in [0.29, 0.717) is 17.8 Å². The molecule has 1 aromatic carbocycles. The van der Waals surface area contributed by atoms with Gasteiger partial charge in [0, 0.05) is 19.3 Å². The maximum atomic E-state index is 13.1. The molecule has 140 valence electrons. The lowest BCUT2D eigenvalue weighted by molar-refractivity contribution is 0.0798. The summed E-state index contributed by atoms with van der Waals surface area (Å²) >= 11 is 1.34. The zero-order valence-corrected chi connectivity index (χ0v) is 15.8. The number of H-pyrrole nitrogens is 1. The number of likely N-dealkylation sites (tertiary alicyclic amines) is 1. The fourth-order valence-electron chi connectivity index (χ4n) is 3.13. The summed E-state index contributed by atoms with van der Waals surface area (Å²) in [6.45, 7) is 0.511. The summed E-state index contributed by atoms with van der Waals surface area (Å²) in [6.07, 6.45) is 2.01. The van der Waals surface area contributed by atoms with Gasteiger partial charge in [-0.25, -0.2) is 12.8 Å². The predicted octanol–water partition coefficient (Wildman–Crippen LogP) is 2.97. The standard InChI is InChI=1S/C18H16FN3O3S2/c19-12-1-3-13(4-2-12)27(24,25)14-8-10-22(11-14)18(23)17-6-5-16(26-17)15-7-9-20-21-15/h1-7,9,14H,8,10-11H2,(H,20,21). The summed E-state index contributed by atoms with van der Waals surface area (Å²) in [5.74, 6) is -0.662. The second-order valence-corrected chi connectivity index (χ2v) is 9.61. The van der Waals surface area contributed by atoms with Crippen LogP contribution in [0.2, 0.25) is 0 Å². The number of aromatic amines is 1. The van der Waals surface area contributed by atoms with Crippen LogP contribution in [0.15, 0.2) is 53.6 Å². The van der Waals surface area contributed by atoms with Gasteiger partial charge in [0.25, 0.3) is 5.91 Å². The lowest BCUT2D eigenvalue weighted by Gasteiger charge is -2.16. The van der Waals surface area contributed by atoms with Crippen molar-refractivity contribution in [3.05, 3.63) is 59.4 Å². The molecule has 9 heteroatoms. The van der Waals surface area contributed by atoms with Crippen molar-refractivity contribution in [2.45, 2.75) is 16.6 Å². The summed E-state index contributed by atoms with van der Waals surface area (Å²) in [7, 11) is -3.60. The van der Waals surface area contributed by atoms with E-state index in [-0.39, 0.29) is 17.3 Å². The quantitative estimate of drug-likeness (QED) is 0.677. The SMILES string of the molecule is O=C(c1ccc(-c2ccn[nH]2)s1)N1CCC(S(=O)(=O)c2ccc(F)cc2)C1. The molecule has 1 N–H and O–H groups in total. The van der Waals surface area contributed by atoms with Crippen molar-refractivity contribution >= 4 is 27.1 Å². The van der Waals surface area contributed by atoms with E-state index in [1.165, 1.54) is 23.5 Å². The Morgan fingerprint density at radius 1 is 1.19 bits per heavy atom. The molecule has 0 saturated carbocycles. The van der Waals surface area contributed by atoms with Gasteiger partial charge in [-0.3, -0.25) is 9.89 Å². The van der Waals surface area contributed by atoms with E-state index in [9.17, 15) is 17.6 Å². The van der Waals surface area contributed by atoms with Crippen LogP contribution in [-0.4, -0.2) is 47.8 Å². The normalized spacial score (nSPS) is 17.4. The predicted molar refractivity (Wildman–Crippen MR) is 99.8 cm³/mol. The molecular formula is C18H16FN3O3S2. The summed E-state index contributed by atoms with van der Waals surface area (Å²) < 4.78 is 38.5. The Balaban J connectivity index is 1.49. The van der Waals surface area contributed by atoms with E-state index >= 15 is 0 Å². The van der Waals surface area contributed by atoms with Crippen molar-refractivity contribution in [2.75, 3.05) is 13.1 Å². The van der Waals surface area contributed by atoms with Crippen molar-refractivity contribution in [3.63, 3.8) is 0 Å². The molecule has 0 radical (unpaired) electrons. The average molecular weight is 405 g/mol. The van der Waals surface area contributed by atoms with Crippen molar-refractivity contribution in [1.82, 2.24) is 15.1 Å². The fourth-order valence-corrected chi connectivity index (χ4v) is 5.77. The minimum Gasteiger partial charge on any atom is -0.337 e. The van der Waals surface area contributed by atoms with Crippen molar-refractivity contribution in [1.29, 1.82) is 0 Å². The van der Waals surface area contributed by atoms with Crippen LogP contribution in [0.5, 0.6) is 0 Å². The molecule has 1 atom stereocenters. The van der Waals surface area contributed by atoms with Crippen LogP contribution in [-0.2, 0) is 9.84 Å². The highest BCUT2D eigenvalue weighted by molar-refractivity contribution is 7.92. The third-order valence-corrected chi connectivity index (χ3v) is 7.89. The fraction of sp³-hybridized carbons (Fsp3) is 0.222. The number of amides is 1. The number of hydrogen-bond acceptors (Lipinski definition) is 5. The largest absolute Gasteiger partial charge is 0.337 e. The zero-order chi connectivity index (χ0) is 19.0. The number of sulfone groups is 1. The van der Waals surface area contributed by atoms with Crippen LogP contribution in [0.1, 0.15) is 16.1 Å². The first-order valence-corrected chi connectivity index (χ1v) is 10.7. The maximum absolute atomic E-state index is 13.1. The van der Waals surface area contributed by atoms with E-state index < -0.39 is 20.9 Å². The maximum Gasteiger partial charge on any atom is 0.263 e. The molecule has 1 fully saturated rings. The smallest absolute Gasteiger partial charge is 0.263 e. The van der Waals surface area contributed by atoms with Crippen LogP contribution in [0.25, 0.3) is 10.6 Å². The molecule has 3 heterocycles. The lowest BCUT2D eigenvalue weighted by Crippen LogP contribution is -2.31. The Kier molecular flexibility index (Phi) is 4.56. The highest BCUT2D eigenvalue weighted by atomic mass is 32.2. The molecule has 0 bridgehead atoms. The van der Waals surface area contributed by atoms with Crippen LogP contribution in [0, 0.1) is 5.82 Å². The first kappa shape index (κ1) is 17.9. The van der Waals surface area contributed by atoms with E-state index in [0.717, 1.165) is 22.7 Å². The molecule has 2 aromatic heterocycles. The number of nitrogens with one attached hydrogen (secondary N) is 1. The Hall–Kier alpha value is -2.52. The summed E-state index contributed by atoms with van der Waals surface area (Å²) in [5, 5.41) is 6.07. The van der Waals surface area contributed by atoms with Crippen LogP contribution in [0.3, 0.4) is 0 Å². The summed E-state index contributed by atoms with van der Waals surface area (Å²) in [6, 6.07) is 10.2. The van der Waals surface area contributed by atoms with Gasteiger partial charge in [0.05, 0.1) is 25.6 Å². The number of nitrogens with zero attached hydrogens (tertiary/aromatic N) is 2. The van der Waals surface area contributed by atoms with Crippen LogP contribution < -0.4 is 0 Å². The van der Waals surface area contributed by atoms with Gasteiger partial charge < -0.3 is 4.90 Å². The lowest BCUT2D eigenvalue weighted by atomic mass is 10.3. The van der Waals surface area contributed by atoms with Crippen LogP contribution >= 0.6 is 11.3 Å². The molecule has 3 aromatic rings. The van der Waals surface area contributed by atoms with Gasteiger partial charge in [-0.2, -0.15) is 5.10 Å². The summed E-state index contributed by atoms with van der Waals surface area (Å²) in [5.41, 5.74) is 0.831. The van der Waals surface area contributed by atoms with Gasteiger partial charge in [-0.05, 0) is 48.9 Å². The second-order valence-electron chi connectivity index (χ2n) is 6.29. The Bertz CT molecular complexity index is 1060. The Morgan fingerprint density at radius 2 is 1.96 bits per heavy atom. The molecule has 1 aliphatic rings. The van der Waals surface area contributed by atoms with Gasteiger partial charge in [-0.1, -0.05) is 0 Å². The Labute approximate surface area is 159 Å². The molecule has 6 nitrogen and oxygen atoms in total. The number of aromatic nitrogens is 2. The van der Waals surface area contributed by atoms with Gasteiger partial charge in [-0.15, -0.1) is 11.3 Å². The number of rotatable bonds is 4. The molecule has 4 rings (SSSR count).